The summed E-state index contributed by atoms with van der Waals surface area (Å²) in [5.41, 5.74) is -0.628. The molecule has 0 rings (SSSR count). The predicted molar refractivity (Wildman–Crippen MR) is 74.0 cm³/mol. The van der Waals surface area contributed by atoms with Gasteiger partial charge in [0.1, 0.15) is 11.6 Å². The Bertz CT molecular complexity index is 307. The van der Waals surface area contributed by atoms with Gasteiger partial charge in [0.2, 0.25) is 0 Å². The van der Waals surface area contributed by atoms with Crippen LogP contribution in [-0.2, 0) is 9.53 Å². The van der Waals surface area contributed by atoms with E-state index < -0.39 is 23.7 Å². The molecule has 0 fully saturated rings. The van der Waals surface area contributed by atoms with Gasteiger partial charge in [0.15, 0.2) is 0 Å². The lowest BCUT2D eigenvalue weighted by Crippen LogP contribution is -2.44. The van der Waals surface area contributed by atoms with E-state index in [0.717, 1.165) is 6.42 Å². The Morgan fingerprint density at radius 1 is 1.16 bits per heavy atom. The van der Waals surface area contributed by atoms with E-state index in [1.165, 1.54) is 0 Å². The van der Waals surface area contributed by atoms with E-state index in [0.29, 0.717) is 12.3 Å². The summed E-state index contributed by atoms with van der Waals surface area (Å²) in [6.07, 6.45) is 0.656. The second-order valence-corrected chi connectivity index (χ2v) is 6.51. The van der Waals surface area contributed by atoms with E-state index in [4.69, 9.17) is 9.84 Å². The van der Waals surface area contributed by atoms with Gasteiger partial charge < -0.3 is 15.2 Å². The minimum absolute atomic E-state index is 0.232. The normalized spacial score (nSPS) is 14.9. The molecule has 0 radical (unpaired) electrons. The monoisotopic (exact) mass is 273 g/mol. The van der Waals surface area contributed by atoms with Gasteiger partial charge in [-0.05, 0) is 45.4 Å². The summed E-state index contributed by atoms with van der Waals surface area (Å²) in [6, 6.07) is -0.899. The van der Waals surface area contributed by atoms with Gasteiger partial charge in [-0.25, -0.2) is 9.59 Å². The van der Waals surface area contributed by atoms with Crippen molar-refractivity contribution in [3.8, 4) is 0 Å². The molecule has 0 heterocycles. The smallest absolute Gasteiger partial charge is 0.408 e. The molecule has 2 atom stereocenters. The highest BCUT2D eigenvalue weighted by atomic mass is 16.6. The van der Waals surface area contributed by atoms with Gasteiger partial charge in [-0.15, -0.1) is 0 Å². The molecule has 0 aromatic rings. The van der Waals surface area contributed by atoms with E-state index in [-0.39, 0.29) is 5.92 Å². The van der Waals surface area contributed by atoms with Crippen LogP contribution in [-0.4, -0.2) is 28.8 Å². The summed E-state index contributed by atoms with van der Waals surface area (Å²) >= 11 is 0. The second-order valence-electron chi connectivity index (χ2n) is 6.51. The molecule has 0 aliphatic heterocycles. The van der Waals surface area contributed by atoms with E-state index in [9.17, 15) is 9.59 Å². The highest BCUT2D eigenvalue weighted by molar-refractivity contribution is 5.79. The number of carboxylic acids is 1. The average Bonchev–Trinajstić information content (AvgIpc) is 2.11. The van der Waals surface area contributed by atoms with Crippen LogP contribution in [0.5, 0.6) is 0 Å². The van der Waals surface area contributed by atoms with Gasteiger partial charge >= 0.3 is 12.1 Å². The molecular weight excluding hydrogens is 246 g/mol. The molecule has 5 nitrogen and oxygen atoms in total. The fourth-order valence-electron chi connectivity index (χ4n) is 1.97. The molecule has 5 heteroatoms. The molecule has 0 spiro atoms. The maximum absolute atomic E-state index is 11.6. The SMILES string of the molecule is CC(C)CC(C)CC(NC(=O)OC(C)(C)C)C(=O)O. The Morgan fingerprint density at radius 2 is 1.68 bits per heavy atom. The first kappa shape index (κ1) is 17.7. The summed E-state index contributed by atoms with van der Waals surface area (Å²) in [4.78, 5) is 22.7. The summed E-state index contributed by atoms with van der Waals surface area (Å²) in [5, 5.41) is 11.5. The zero-order valence-corrected chi connectivity index (χ0v) is 12.8. The van der Waals surface area contributed by atoms with Crippen LogP contribution in [0.2, 0.25) is 0 Å². The molecule has 0 aliphatic carbocycles. The van der Waals surface area contributed by atoms with Crippen molar-refractivity contribution in [2.45, 2.75) is 66.0 Å². The van der Waals surface area contributed by atoms with Gasteiger partial charge in [-0.1, -0.05) is 20.8 Å². The lowest BCUT2D eigenvalue weighted by Gasteiger charge is -2.23. The summed E-state index contributed by atoms with van der Waals surface area (Å²) in [7, 11) is 0. The van der Waals surface area contributed by atoms with Crippen molar-refractivity contribution >= 4 is 12.1 Å². The molecule has 2 unspecified atom stereocenters. The third kappa shape index (κ3) is 9.33. The predicted octanol–water partition coefficient (Wildman–Crippen LogP) is 3.04. The molecule has 0 aliphatic rings. The van der Waals surface area contributed by atoms with Crippen LogP contribution >= 0.6 is 0 Å². The Kier molecular flexibility index (Phi) is 6.87. The molecule has 0 saturated carbocycles. The van der Waals surface area contributed by atoms with Gasteiger partial charge in [0, 0.05) is 0 Å². The number of ether oxygens (including phenoxy) is 1. The second kappa shape index (κ2) is 7.36. The standard InChI is InChI=1S/C14H27NO4/c1-9(2)7-10(3)8-11(12(16)17)15-13(18)19-14(4,5)6/h9-11H,7-8H2,1-6H3,(H,15,18)(H,16,17). The Hall–Kier alpha value is -1.26. The Balaban J connectivity index is 4.42. The highest BCUT2D eigenvalue weighted by Crippen LogP contribution is 2.17. The van der Waals surface area contributed by atoms with Crippen molar-refractivity contribution in [1.82, 2.24) is 5.32 Å². The number of carboxylic acid groups (broad SMARTS) is 1. The molecule has 0 saturated heterocycles. The van der Waals surface area contributed by atoms with Crippen molar-refractivity contribution in [1.29, 1.82) is 0 Å². The first-order valence-electron chi connectivity index (χ1n) is 6.73. The van der Waals surface area contributed by atoms with E-state index in [1.807, 2.05) is 6.92 Å². The number of carbonyl (C=O) groups is 2. The van der Waals surface area contributed by atoms with Gasteiger partial charge in [-0.2, -0.15) is 0 Å². The quantitative estimate of drug-likeness (QED) is 0.780. The van der Waals surface area contributed by atoms with Crippen LogP contribution in [0.15, 0.2) is 0 Å². The largest absolute Gasteiger partial charge is 0.480 e. The van der Waals surface area contributed by atoms with Crippen LogP contribution in [0.3, 0.4) is 0 Å². The van der Waals surface area contributed by atoms with Crippen LogP contribution in [0.1, 0.15) is 54.4 Å². The lowest BCUT2D eigenvalue weighted by molar-refractivity contribution is -0.140. The number of alkyl carbamates (subject to hydrolysis) is 1. The Morgan fingerprint density at radius 3 is 2.05 bits per heavy atom. The fraction of sp³-hybridized carbons (Fsp3) is 0.857. The van der Waals surface area contributed by atoms with Gasteiger partial charge in [-0.3, -0.25) is 0 Å². The minimum atomic E-state index is -1.03. The summed E-state index contributed by atoms with van der Waals surface area (Å²) in [5.74, 6) is -0.288. The molecule has 0 aromatic carbocycles. The minimum Gasteiger partial charge on any atom is -0.480 e. The zero-order valence-electron chi connectivity index (χ0n) is 12.8. The molecule has 0 bridgehead atoms. The van der Waals surface area contributed by atoms with E-state index in [2.05, 4.69) is 19.2 Å². The van der Waals surface area contributed by atoms with Crippen molar-refractivity contribution in [2.24, 2.45) is 11.8 Å². The first-order valence-corrected chi connectivity index (χ1v) is 6.73. The zero-order chi connectivity index (χ0) is 15.2. The molecule has 0 aromatic heterocycles. The number of amides is 1. The first-order chi connectivity index (χ1) is 8.51. The number of hydrogen-bond donors (Lipinski definition) is 2. The summed E-state index contributed by atoms with van der Waals surface area (Å²) in [6.45, 7) is 11.4. The molecular formula is C14H27NO4. The van der Waals surface area contributed by atoms with Crippen molar-refractivity contribution in [3.05, 3.63) is 0 Å². The summed E-state index contributed by atoms with van der Waals surface area (Å²) < 4.78 is 5.07. The maximum Gasteiger partial charge on any atom is 0.408 e. The van der Waals surface area contributed by atoms with E-state index in [1.54, 1.807) is 20.8 Å². The molecule has 2 N–H and O–H groups in total. The van der Waals surface area contributed by atoms with Crippen molar-refractivity contribution < 1.29 is 19.4 Å². The highest BCUT2D eigenvalue weighted by Gasteiger charge is 2.25. The maximum atomic E-state index is 11.6. The molecule has 19 heavy (non-hydrogen) atoms. The van der Waals surface area contributed by atoms with Crippen molar-refractivity contribution in [3.63, 3.8) is 0 Å². The third-order valence-electron chi connectivity index (χ3n) is 2.50. The Labute approximate surface area is 115 Å². The molecule has 112 valence electrons. The average molecular weight is 273 g/mol. The van der Waals surface area contributed by atoms with Crippen LogP contribution < -0.4 is 5.32 Å². The van der Waals surface area contributed by atoms with E-state index >= 15 is 0 Å². The number of rotatable bonds is 6. The topological polar surface area (TPSA) is 75.6 Å². The lowest BCUT2D eigenvalue weighted by atomic mass is 9.93. The van der Waals surface area contributed by atoms with Gasteiger partial charge in [0.25, 0.3) is 0 Å². The van der Waals surface area contributed by atoms with Crippen LogP contribution in [0.4, 0.5) is 4.79 Å². The van der Waals surface area contributed by atoms with Crippen molar-refractivity contribution in [2.75, 3.05) is 0 Å². The fourth-order valence-corrected chi connectivity index (χ4v) is 1.97. The third-order valence-corrected chi connectivity index (χ3v) is 2.50. The van der Waals surface area contributed by atoms with Gasteiger partial charge in [0.05, 0.1) is 0 Å². The molecule has 1 amide bonds. The number of hydrogen-bond acceptors (Lipinski definition) is 3. The number of nitrogens with one attached hydrogen (secondary N) is 1. The number of carbonyl (C=O) groups excluding carboxylic acids is 1. The van der Waals surface area contributed by atoms with Crippen LogP contribution in [0.25, 0.3) is 0 Å². The number of aliphatic carboxylic acids is 1. The van der Waals surface area contributed by atoms with Crippen LogP contribution in [0, 0.1) is 11.8 Å².